The van der Waals surface area contributed by atoms with Gasteiger partial charge in [0.2, 0.25) is 0 Å². The van der Waals surface area contributed by atoms with Gasteiger partial charge in [0.1, 0.15) is 0 Å². The van der Waals surface area contributed by atoms with Gasteiger partial charge in [0, 0.05) is 16.7 Å². The number of rotatable bonds is 5. The van der Waals surface area contributed by atoms with Crippen molar-refractivity contribution in [3.63, 3.8) is 0 Å². The van der Waals surface area contributed by atoms with E-state index < -0.39 is 0 Å². The zero-order valence-corrected chi connectivity index (χ0v) is 15.1. The molecule has 1 heterocycles. The number of benzene rings is 1. The summed E-state index contributed by atoms with van der Waals surface area (Å²) in [6.45, 7) is 12.6. The van der Waals surface area contributed by atoms with Crippen molar-refractivity contribution < 1.29 is 0 Å². The Balaban J connectivity index is 2.36. The lowest BCUT2D eigenvalue weighted by Crippen LogP contribution is -2.20. The van der Waals surface area contributed by atoms with E-state index in [1.807, 2.05) is 0 Å². The van der Waals surface area contributed by atoms with E-state index in [0.717, 1.165) is 28.9 Å². The van der Waals surface area contributed by atoms with E-state index in [2.05, 4.69) is 83.8 Å². The van der Waals surface area contributed by atoms with Gasteiger partial charge in [0.15, 0.2) is 0 Å². The van der Waals surface area contributed by atoms with Crippen LogP contribution in [0.1, 0.15) is 36.4 Å². The average molecular weight is 350 g/mol. The lowest BCUT2D eigenvalue weighted by atomic mass is 10.1. The molecule has 0 saturated heterocycles. The van der Waals surface area contributed by atoms with Gasteiger partial charge in [-0.25, -0.2) is 4.68 Å². The van der Waals surface area contributed by atoms with Crippen molar-refractivity contribution in [1.29, 1.82) is 0 Å². The summed E-state index contributed by atoms with van der Waals surface area (Å²) in [4.78, 5) is 0. The van der Waals surface area contributed by atoms with Gasteiger partial charge in [0.05, 0.1) is 11.4 Å². The van der Waals surface area contributed by atoms with Crippen LogP contribution in [0.4, 0.5) is 0 Å². The van der Waals surface area contributed by atoms with Crippen molar-refractivity contribution in [2.75, 3.05) is 6.54 Å². The quantitative estimate of drug-likeness (QED) is 0.871. The summed E-state index contributed by atoms with van der Waals surface area (Å²) >= 11 is 3.57. The topological polar surface area (TPSA) is 29.9 Å². The molecular formula is C17H24BrN3. The highest BCUT2D eigenvalue weighted by Gasteiger charge is 2.12. The fraction of sp³-hybridized carbons (Fsp3) is 0.471. The van der Waals surface area contributed by atoms with Gasteiger partial charge >= 0.3 is 0 Å². The van der Waals surface area contributed by atoms with Crippen molar-refractivity contribution in [1.82, 2.24) is 15.1 Å². The number of hydrogen-bond acceptors (Lipinski definition) is 2. The molecule has 114 valence electrons. The predicted octanol–water partition coefficient (Wildman–Crippen LogP) is 4.31. The van der Waals surface area contributed by atoms with Crippen molar-refractivity contribution >= 4 is 15.9 Å². The molecule has 0 bridgehead atoms. The molecule has 0 atom stereocenters. The van der Waals surface area contributed by atoms with Gasteiger partial charge in [-0.05, 0) is 62.6 Å². The predicted molar refractivity (Wildman–Crippen MR) is 92.0 cm³/mol. The van der Waals surface area contributed by atoms with Crippen LogP contribution in [0.25, 0.3) is 5.69 Å². The Morgan fingerprint density at radius 3 is 2.52 bits per heavy atom. The van der Waals surface area contributed by atoms with Crippen LogP contribution in [-0.2, 0) is 6.54 Å². The number of aryl methyl sites for hydroxylation is 1. The lowest BCUT2D eigenvalue weighted by Gasteiger charge is -2.14. The van der Waals surface area contributed by atoms with Crippen LogP contribution in [0.3, 0.4) is 0 Å². The van der Waals surface area contributed by atoms with E-state index in [-0.39, 0.29) is 0 Å². The van der Waals surface area contributed by atoms with Crippen LogP contribution in [0, 0.1) is 26.7 Å². The Hall–Kier alpha value is -1.13. The molecule has 0 aliphatic rings. The second-order valence-corrected chi connectivity index (χ2v) is 6.92. The van der Waals surface area contributed by atoms with Gasteiger partial charge in [-0.3, -0.25) is 0 Å². The normalized spacial score (nSPS) is 11.4. The minimum atomic E-state index is 0.650. The Labute approximate surface area is 135 Å². The molecule has 0 aliphatic carbocycles. The molecule has 0 amide bonds. The van der Waals surface area contributed by atoms with E-state index in [0.29, 0.717) is 5.92 Å². The lowest BCUT2D eigenvalue weighted by molar-refractivity contribution is 0.551. The van der Waals surface area contributed by atoms with E-state index in [1.54, 1.807) is 0 Å². The monoisotopic (exact) mass is 349 g/mol. The molecule has 0 saturated carbocycles. The number of nitrogens with zero attached hydrogens (tertiary/aromatic N) is 2. The van der Waals surface area contributed by atoms with Gasteiger partial charge < -0.3 is 5.32 Å². The van der Waals surface area contributed by atoms with Crippen LogP contribution < -0.4 is 5.32 Å². The Bertz CT molecular complexity index is 629. The standard InChI is InChI=1S/C17H24BrN3/c1-11(2)9-19-10-15-8-16(18)6-7-17(15)21-14(5)12(3)13(4)20-21/h6-8,11,19H,9-10H2,1-5H3. The molecule has 0 spiro atoms. The first-order valence-corrected chi connectivity index (χ1v) is 8.21. The second-order valence-electron chi connectivity index (χ2n) is 6.01. The van der Waals surface area contributed by atoms with Crippen LogP contribution in [0.15, 0.2) is 22.7 Å². The first-order valence-electron chi connectivity index (χ1n) is 7.42. The maximum absolute atomic E-state index is 4.69. The SMILES string of the molecule is Cc1nn(-c2ccc(Br)cc2CNCC(C)C)c(C)c1C. The fourth-order valence-corrected chi connectivity index (χ4v) is 2.76. The van der Waals surface area contributed by atoms with Crippen LogP contribution in [-0.4, -0.2) is 16.3 Å². The average Bonchev–Trinajstić information content (AvgIpc) is 2.66. The Kier molecular flexibility index (Phi) is 5.22. The number of hydrogen-bond donors (Lipinski definition) is 1. The third kappa shape index (κ3) is 3.74. The van der Waals surface area contributed by atoms with Crippen molar-refractivity contribution in [3.05, 3.63) is 45.2 Å². The molecular weight excluding hydrogens is 326 g/mol. The Morgan fingerprint density at radius 1 is 1.24 bits per heavy atom. The molecule has 2 rings (SSSR count). The van der Waals surface area contributed by atoms with Crippen molar-refractivity contribution in [2.45, 2.75) is 41.2 Å². The molecule has 21 heavy (non-hydrogen) atoms. The minimum Gasteiger partial charge on any atom is -0.312 e. The summed E-state index contributed by atoms with van der Waals surface area (Å²) in [6, 6.07) is 6.39. The van der Waals surface area contributed by atoms with Crippen molar-refractivity contribution in [3.8, 4) is 5.69 Å². The molecule has 0 fully saturated rings. The first kappa shape index (κ1) is 16.2. The van der Waals surface area contributed by atoms with Gasteiger partial charge in [-0.1, -0.05) is 29.8 Å². The summed E-state index contributed by atoms with van der Waals surface area (Å²) in [7, 11) is 0. The number of halogens is 1. The molecule has 1 N–H and O–H groups in total. The maximum Gasteiger partial charge on any atom is 0.0694 e. The molecule has 4 heteroatoms. The smallest absolute Gasteiger partial charge is 0.0694 e. The highest BCUT2D eigenvalue weighted by atomic mass is 79.9. The summed E-state index contributed by atoms with van der Waals surface area (Å²) in [5.41, 5.74) is 5.98. The largest absolute Gasteiger partial charge is 0.312 e. The number of aromatic nitrogens is 2. The van der Waals surface area contributed by atoms with E-state index in [4.69, 9.17) is 0 Å². The zero-order chi connectivity index (χ0) is 15.6. The van der Waals surface area contributed by atoms with Gasteiger partial charge in [-0.15, -0.1) is 0 Å². The van der Waals surface area contributed by atoms with Gasteiger partial charge in [0.25, 0.3) is 0 Å². The second kappa shape index (κ2) is 6.75. The third-order valence-electron chi connectivity index (χ3n) is 3.79. The summed E-state index contributed by atoms with van der Waals surface area (Å²) in [5, 5.41) is 8.20. The van der Waals surface area contributed by atoms with Crippen LogP contribution in [0.2, 0.25) is 0 Å². The summed E-state index contributed by atoms with van der Waals surface area (Å²) < 4.78 is 3.16. The fourth-order valence-electron chi connectivity index (χ4n) is 2.35. The number of nitrogens with one attached hydrogen (secondary N) is 1. The van der Waals surface area contributed by atoms with E-state index >= 15 is 0 Å². The third-order valence-corrected chi connectivity index (χ3v) is 4.28. The van der Waals surface area contributed by atoms with Crippen LogP contribution in [0.5, 0.6) is 0 Å². The summed E-state index contributed by atoms with van der Waals surface area (Å²) in [6.07, 6.45) is 0. The molecule has 2 aromatic rings. The van der Waals surface area contributed by atoms with Crippen LogP contribution >= 0.6 is 15.9 Å². The minimum absolute atomic E-state index is 0.650. The Morgan fingerprint density at radius 2 is 1.95 bits per heavy atom. The van der Waals surface area contributed by atoms with Gasteiger partial charge in [-0.2, -0.15) is 5.10 Å². The molecule has 0 radical (unpaired) electrons. The molecule has 1 aromatic heterocycles. The first-order chi connectivity index (χ1) is 9.90. The molecule has 3 nitrogen and oxygen atoms in total. The molecule has 1 aromatic carbocycles. The highest BCUT2D eigenvalue weighted by molar-refractivity contribution is 9.10. The van der Waals surface area contributed by atoms with Crippen molar-refractivity contribution in [2.24, 2.45) is 5.92 Å². The highest BCUT2D eigenvalue weighted by Crippen LogP contribution is 2.23. The van der Waals surface area contributed by atoms with E-state index in [1.165, 1.54) is 16.8 Å². The zero-order valence-electron chi connectivity index (χ0n) is 13.5. The summed E-state index contributed by atoms with van der Waals surface area (Å²) in [5.74, 6) is 0.650. The maximum atomic E-state index is 4.69. The van der Waals surface area contributed by atoms with E-state index in [9.17, 15) is 0 Å². The molecule has 0 aliphatic heterocycles. The molecule has 0 unspecified atom stereocenters.